The topological polar surface area (TPSA) is 150 Å². The number of hydrogen-bond donors (Lipinski definition) is 2. The van der Waals surface area contributed by atoms with Crippen molar-refractivity contribution in [3.05, 3.63) is 12.7 Å². The molecule has 0 aromatic heterocycles. The largest absolute Gasteiger partial charge is 1.00 e. The minimum Gasteiger partial charge on any atom is -0.747 e. The van der Waals surface area contributed by atoms with Gasteiger partial charge in [0.15, 0.2) is 4.75 Å². The van der Waals surface area contributed by atoms with Crippen molar-refractivity contribution in [3.63, 3.8) is 0 Å². The van der Waals surface area contributed by atoms with E-state index in [1.807, 2.05) is 0 Å². The van der Waals surface area contributed by atoms with E-state index in [0.717, 1.165) is 6.08 Å². The van der Waals surface area contributed by atoms with E-state index in [1.54, 1.807) is 0 Å². The number of rotatable bonds is 10. The SMILES string of the molecule is C=CCC(CC(=O)OCCO)(C(=O)OCCO)S(=O)(=O)[O-].[Na+]. The van der Waals surface area contributed by atoms with Crippen molar-refractivity contribution in [2.75, 3.05) is 26.4 Å². The Morgan fingerprint density at radius 3 is 2.09 bits per heavy atom. The van der Waals surface area contributed by atoms with Crippen LogP contribution in [0.3, 0.4) is 0 Å². The van der Waals surface area contributed by atoms with Gasteiger partial charge in [0.05, 0.1) is 19.6 Å². The Hall–Kier alpha value is -0.490. The molecule has 122 valence electrons. The fraction of sp³-hybridized carbons (Fsp3) is 0.636. The molecule has 1 atom stereocenters. The third-order valence-electron chi connectivity index (χ3n) is 2.43. The summed E-state index contributed by atoms with van der Waals surface area (Å²) in [6, 6.07) is 0. The molecule has 2 N–H and O–H groups in total. The quantitative estimate of drug-likeness (QED) is 0.172. The summed E-state index contributed by atoms with van der Waals surface area (Å²) in [5.41, 5.74) is 0. The Morgan fingerprint density at radius 1 is 1.18 bits per heavy atom. The van der Waals surface area contributed by atoms with E-state index in [-0.39, 0.29) is 29.6 Å². The summed E-state index contributed by atoms with van der Waals surface area (Å²) in [4.78, 5) is 23.3. The zero-order valence-electron chi connectivity index (χ0n) is 12.2. The molecule has 0 heterocycles. The number of hydrogen-bond acceptors (Lipinski definition) is 9. The number of allylic oxidation sites excluding steroid dienone is 1. The molecule has 0 fully saturated rings. The maximum Gasteiger partial charge on any atom is 1.00 e. The molecule has 11 heteroatoms. The number of esters is 2. The molecule has 9 nitrogen and oxygen atoms in total. The number of carbonyl (C=O) groups excluding carboxylic acids is 2. The van der Waals surface area contributed by atoms with Crippen molar-refractivity contribution >= 4 is 22.1 Å². The van der Waals surface area contributed by atoms with Crippen LogP contribution in [0.5, 0.6) is 0 Å². The predicted molar refractivity (Wildman–Crippen MR) is 67.9 cm³/mol. The molecular weight excluding hydrogens is 331 g/mol. The second-order valence-electron chi connectivity index (χ2n) is 3.92. The van der Waals surface area contributed by atoms with E-state index in [9.17, 15) is 22.6 Å². The van der Waals surface area contributed by atoms with Crippen LogP contribution >= 0.6 is 0 Å². The molecule has 0 saturated carbocycles. The Bertz CT molecular complexity index is 476. The summed E-state index contributed by atoms with van der Waals surface area (Å²) >= 11 is 0. The van der Waals surface area contributed by atoms with Gasteiger partial charge in [-0.1, -0.05) is 6.08 Å². The molecule has 0 aromatic rings. The summed E-state index contributed by atoms with van der Waals surface area (Å²) in [7, 11) is -5.28. The second-order valence-corrected chi connectivity index (χ2v) is 5.61. The van der Waals surface area contributed by atoms with Gasteiger partial charge in [-0.3, -0.25) is 9.59 Å². The summed E-state index contributed by atoms with van der Waals surface area (Å²) in [5, 5.41) is 17.1. The molecule has 0 amide bonds. The normalized spacial score (nSPS) is 13.4. The van der Waals surface area contributed by atoms with Gasteiger partial charge in [0, 0.05) is 0 Å². The molecule has 0 bridgehead atoms. The average Bonchev–Trinajstić information content (AvgIpc) is 2.40. The van der Waals surface area contributed by atoms with Crippen molar-refractivity contribution in [1.82, 2.24) is 0 Å². The van der Waals surface area contributed by atoms with E-state index < -0.39 is 66.1 Å². The van der Waals surface area contributed by atoms with Gasteiger partial charge in [-0.15, -0.1) is 6.58 Å². The Balaban J connectivity index is 0. The second kappa shape index (κ2) is 11.1. The average molecular weight is 348 g/mol. The van der Waals surface area contributed by atoms with Crippen molar-refractivity contribution < 1.29 is 71.8 Å². The van der Waals surface area contributed by atoms with Gasteiger partial charge in [-0.25, -0.2) is 8.42 Å². The summed E-state index contributed by atoms with van der Waals surface area (Å²) in [5.74, 6) is -2.63. The fourth-order valence-corrected chi connectivity index (χ4v) is 2.35. The van der Waals surface area contributed by atoms with Crippen LogP contribution < -0.4 is 29.6 Å². The van der Waals surface area contributed by atoms with E-state index in [0.29, 0.717) is 0 Å². The van der Waals surface area contributed by atoms with Gasteiger partial charge >= 0.3 is 41.5 Å². The Morgan fingerprint density at radius 2 is 1.68 bits per heavy atom. The monoisotopic (exact) mass is 348 g/mol. The number of ether oxygens (including phenoxy) is 2. The van der Waals surface area contributed by atoms with E-state index in [1.165, 1.54) is 0 Å². The molecular formula is C11H17NaO9S. The number of aliphatic hydroxyl groups excluding tert-OH is 2. The molecule has 0 radical (unpaired) electrons. The standard InChI is InChI=1S/C11H18O9S.Na/c1-2-3-11(21(16,17)18,10(15)20-7-5-13)8-9(14)19-6-4-12;/h2,12-13H,1,3-8H2,(H,16,17,18);/q;+1/p-1. The van der Waals surface area contributed by atoms with Crippen molar-refractivity contribution in [1.29, 1.82) is 0 Å². The van der Waals surface area contributed by atoms with Crippen LogP contribution in [-0.4, -0.2) is 66.3 Å². The van der Waals surface area contributed by atoms with Crippen LogP contribution in [0.4, 0.5) is 0 Å². The van der Waals surface area contributed by atoms with Gasteiger partial charge in [0.2, 0.25) is 0 Å². The third-order valence-corrected chi connectivity index (χ3v) is 3.87. The first-order valence-corrected chi connectivity index (χ1v) is 7.27. The van der Waals surface area contributed by atoms with Crippen LogP contribution in [0.1, 0.15) is 12.8 Å². The van der Waals surface area contributed by atoms with E-state index >= 15 is 0 Å². The molecule has 0 saturated heterocycles. The van der Waals surface area contributed by atoms with Gasteiger partial charge in [-0.05, 0) is 6.42 Å². The van der Waals surface area contributed by atoms with Crippen LogP contribution in [0.2, 0.25) is 0 Å². The van der Waals surface area contributed by atoms with Gasteiger partial charge in [-0.2, -0.15) is 0 Å². The van der Waals surface area contributed by atoms with Crippen molar-refractivity contribution in [3.8, 4) is 0 Å². The molecule has 0 aromatic carbocycles. The molecule has 1 unspecified atom stereocenters. The molecule has 0 aliphatic heterocycles. The Kier molecular flexibility index (Phi) is 12.0. The summed E-state index contributed by atoms with van der Waals surface area (Å²) in [6.07, 6.45) is -0.749. The zero-order chi connectivity index (χ0) is 16.5. The van der Waals surface area contributed by atoms with Crippen molar-refractivity contribution in [2.24, 2.45) is 0 Å². The third kappa shape index (κ3) is 6.73. The van der Waals surface area contributed by atoms with E-state index in [2.05, 4.69) is 16.1 Å². The van der Waals surface area contributed by atoms with Crippen LogP contribution in [-0.2, 0) is 29.2 Å². The van der Waals surface area contributed by atoms with Crippen molar-refractivity contribution in [2.45, 2.75) is 17.6 Å². The molecule has 22 heavy (non-hydrogen) atoms. The first-order chi connectivity index (χ1) is 9.75. The van der Waals surface area contributed by atoms with Gasteiger partial charge < -0.3 is 24.2 Å². The minimum absolute atomic E-state index is 0. The summed E-state index contributed by atoms with van der Waals surface area (Å²) in [6.45, 7) is 1.22. The molecule has 0 rings (SSSR count). The Labute approximate surface area is 150 Å². The van der Waals surface area contributed by atoms with E-state index in [4.69, 9.17) is 10.2 Å². The number of carbonyl (C=O) groups is 2. The molecule has 0 spiro atoms. The van der Waals surface area contributed by atoms with Gasteiger partial charge in [0.1, 0.15) is 23.3 Å². The maximum absolute atomic E-state index is 11.9. The molecule has 0 aliphatic rings. The smallest absolute Gasteiger partial charge is 0.747 e. The van der Waals surface area contributed by atoms with Gasteiger partial charge in [0.25, 0.3) is 0 Å². The zero-order valence-corrected chi connectivity index (χ0v) is 15.0. The molecule has 0 aliphatic carbocycles. The first kappa shape index (κ1) is 23.8. The maximum atomic E-state index is 11.9. The van der Waals surface area contributed by atoms with Crippen LogP contribution in [0.25, 0.3) is 0 Å². The first-order valence-electron chi connectivity index (χ1n) is 5.86. The van der Waals surface area contributed by atoms with Crippen LogP contribution in [0.15, 0.2) is 12.7 Å². The fourth-order valence-electron chi connectivity index (χ4n) is 1.47. The van der Waals surface area contributed by atoms with Crippen LogP contribution in [0, 0.1) is 0 Å². The predicted octanol–water partition coefficient (Wildman–Crippen LogP) is -4.69. The number of aliphatic hydroxyl groups is 2. The minimum atomic E-state index is -5.28. The summed E-state index contributed by atoms with van der Waals surface area (Å²) < 4.78 is 40.5.